The number of carbonyl (C=O) groups is 1. The molecule has 0 aliphatic heterocycles. The Labute approximate surface area is 95.0 Å². The van der Waals surface area contributed by atoms with Crippen molar-refractivity contribution in [2.45, 2.75) is 0 Å². The summed E-state index contributed by atoms with van der Waals surface area (Å²) < 4.78 is 10.2. The standard InChI is InChI=1S/C11H16N2O3/c1-13(2)11(14)12-9-7-8(15-3)5-6-10(9)16-4/h5-7H,1-4H3,(H,12,14). The van der Waals surface area contributed by atoms with Crippen molar-refractivity contribution in [3.05, 3.63) is 18.2 Å². The molecule has 1 rings (SSSR count). The van der Waals surface area contributed by atoms with Gasteiger partial charge in [0.25, 0.3) is 0 Å². The molecule has 0 aromatic heterocycles. The highest BCUT2D eigenvalue weighted by Gasteiger charge is 2.09. The Hall–Kier alpha value is -1.91. The van der Waals surface area contributed by atoms with Crippen molar-refractivity contribution in [2.75, 3.05) is 33.6 Å². The predicted octanol–water partition coefficient (Wildman–Crippen LogP) is 1.80. The maximum atomic E-state index is 11.5. The number of hydrogen-bond acceptors (Lipinski definition) is 3. The molecule has 0 atom stereocenters. The van der Waals surface area contributed by atoms with Gasteiger partial charge in [0.2, 0.25) is 0 Å². The van der Waals surface area contributed by atoms with Crippen LogP contribution in [0.15, 0.2) is 18.2 Å². The van der Waals surface area contributed by atoms with E-state index in [1.807, 2.05) is 0 Å². The van der Waals surface area contributed by atoms with Crippen molar-refractivity contribution in [3.63, 3.8) is 0 Å². The summed E-state index contributed by atoms with van der Waals surface area (Å²) in [5, 5.41) is 2.72. The van der Waals surface area contributed by atoms with Gasteiger partial charge in [-0.05, 0) is 12.1 Å². The molecule has 1 aromatic rings. The third-order valence-electron chi connectivity index (χ3n) is 2.05. The van der Waals surface area contributed by atoms with Crippen LogP contribution in [0.3, 0.4) is 0 Å². The summed E-state index contributed by atoms with van der Waals surface area (Å²) in [6.07, 6.45) is 0. The zero-order chi connectivity index (χ0) is 12.1. The molecule has 0 spiro atoms. The number of urea groups is 1. The summed E-state index contributed by atoms with van der Waals surface area (Å²) >= 11 is 0. The molecule has 88 valence electrons. The van der Waals surface area contributed by atoms with Crippen LogP contribution in [0.1, 0.15) is 0 Å². The molecule has 0 saturated heterocycles. The lowest BCUT2D eigenvalue weighted by atomic mass is 10.2. The lowest BCUT2D eigenvalue weighted by Crippen LogP contribution is -2.27. The Kier molecular flexibility index (Phi) is 3.99. The van der Waals surface area contributed by atoms with Crippen LogP contribution in [-0.4, -0.2) is 39.2 Å². The topological polar surface area (TPSA) is 50.8 Å². The first-order chi connectivity index (χ1) is 7.58. The van der Waals surface area contributed by atoms with Gasteiger partial charge < -0.3 is 19.7 Å². The van der Waals surface area contributed by atoms with Gasteiger partial charge >= 0.3 is 6.03 Å². The molecule has 0 heterocycles. The number of rotatable bonds is 3. The Balaban J connectivity index is 2.95. The smallest absolute Gasteiger partial charge is 0.321 e. The highest BCUT2D eigenvalue weighted by Crippen LogP contribution is 2.28. The molecule has 0 fully saturated rings. The molecule has 1 aromatic carbocycles. The van der Waals surface area contributed by atoms with Gasteiger partial charge in [0.05, 0.1) is 19.9 Å². The van der Waals surface area contributed by atoms with E-state index < -0.39 is 0 Å². The summed E-state index contributed by atoms with van der Waals surface area (Å²) in [4.78, 5) is 12.9. The number of methoxy groups -OCH3 is 2. The predicted molar refractivity (Wildman–Crippen MR) is 62.3 cm³/mol. The minimum absolute atomic E-state index is 0.216. The molecule has 1 N–H and O–H groups in total. The van der Waals surface area contributed by atoms with Crippen molar-refractivity contribution in [1.29, 1.82) is 0 Å². The first-order valence-electron chi connectivity index (χ1n) is 4.78. The van der Waals surface area contributed by atoms with Gasteiger partial charge in [-0.15, -0.1) is 0 Å². The second-order valence-electron chi connectivity index (χ2n) is 3.39. The summed E-state index contributed by atoms with van der Waals surface area (Å²) in [5.41, 5.74) is 0.584. The summed E-state index contributed by atoms with van der Waals surface area (Å²) in [7, 11) is 6.45. The van der Waals surface area contributed by atoms with Gasteiger partial charge in [-0.25, -0.2) is 4.79 Å². The van der Waals surface area contributed by atoms with Crippen molar-refractivity contribution in [3.8, 4) is 11.5 Å². The number of carbonyl (C=O) groups excluding carboxylic acids is 1. The molecule has 0 bridgehead atoms. The third-order valence-corrected chi connectivity index (χ3v) is 2.05. The number of benzene rings is 1. The lowest BCUT2D eigenvalue weighted by Gasteiger charge is -2.15. The van der Waals surface area contributed by atoms with E-state index in [0.717, 1.165) is 0 Å². The maximum Gasteiger partial charge on any atom is 0.321 e. The Morgan fingerprint density at radius 3 is 2.44 bits per heavy atom. The number of nitrogens with zero attached hydrogens (tertiary/aromatic N) is 1. The molecule has 0 aliphatic rings. The zero-order valence-corrected chi connectivity index (χ0v) is 9.90. The van der Waals surface area contributed by atoms with Gasteiger partial charge in [-0.1, -0.05) is 0 Å². The highest BCUT2D eigenvalue weighted by molar-refractivity contribution is 5.90. The molecular formula is C11H16N2O3. The van der Waals surface area contributed by atoms with E-state index >= 15 is 0 Å². The van der Waals surface area contributed by atoms with E-state index in [2.05, 4.69) is 5.32 Å². The van der Waals surface area contributed by atoms with Crippen molar-refractivity contribution >= 4 is 11.7 Å². The summed E-state index contributed by atoms with van der Waals surface area (Å²) in [6.45, 7) is 0. The van der Waals surface area contributed by atoms with Gasteiger partial charge in [0.15, 0.2) is 0 Å². The number of nitrogens with one attached hydrogen (secondary N) is 1. The van der Waals surface area contributed by atoms with Crippen LogP contribution in [0.5, 0.6) is 11.5 Å². The van der Waals surface area contributed by atoms with E-state index in [-0.39, 0.29) is 6.03 Å². The number of amides is 2. The summed E-state index contributed by atoms with van der Waals surface area (Å²) in [6, 6.07) is 5.00. The van der Waals surface area contributed by atoms with Gasteiger partial charge in [-0.3, -0.25) is 0 Å². The van der Waals surface area contributed by atoms with E-state index in [4.69, 9.17) is 9.47 Å². The Morgan fingerprint density at radius 2 is 1.94 bits per heavy atom. The van der Waals surface area contributed by atoms with E-state index in [1.165, 1.54) is 4.90 Å². The van der Waals surface area contributed by atoms with Gasteiger partial charge in [0, 0.05) is 20.2 Å². The molecule has 5 nitrogen and oxygen atoms in total. The molecule has 0 radical (unpaired) electrons. The molecule has 16 heavy (non-hydrogen) atoms. The first-order valence-corrected chi connectivity index (χ1v) is 4.78. The quantitative estimate of drug-likeness (QED) is 0.851. The fourth-order valence-corrected chi connectivity index (χ4v) is 1.14. The zero-order valence-electron chi connectivity index (χ0n) is 9.90. The second-order valence-corrected chi connectivity index (χ2v) is 3.39. The van der Waals surface area contributed by atoms with Crippen molar-refractivity contribution < 1.29 is 14.3 Å². The first kappa shape index (κ1) is 12.2. The molecule has 2 amide bonds. The van der Waals surface area contributed by atoms with Crippen LogP contribution in [-0.2, 0) is 0 Å². The molecular weight excluding hydrogens is 208 g/mol. The minimum Gasteiger partial charge on any atom is -0.497 e. The molecule has 0 aliphatic carbocycles. The number of hydrogen-bond donors (Lipinski definition) is 1. The van der Waals surface area contributed by atoms with E-state index in [0.29, 0.717) is 17.2 Å². The number of anilines is 1. The SMILES string of the molecule is COc1ccc(OC)c(NC(=O)N(C)C)c1. The van der Waals surface area contributed by atoms with Crippen LogP contribution in [0, 0.1) is 0 Å². The van der Waals surface area contributed by atoms with Crippen LogP contribution < -0.4 is 14.8 Å². The van der Waals surface area contributed by atoms with E-state index in [9.17, 15) is 4.79 Å². The maximum absolute atomic E-state index is 11.5. The van der Waals surface area contributed by atoms with Gasteiger partial charge in [0.1, 0.15) is 11.5 Å². The molecule has 0 saturated carbocycles. The fraction of sp³-hybridized carbons (Fsp3) is 0.364. The lowest BCUT2D eigenvalue weighted by molar-refractivity contribution is 0.230. The Bertz CT molecular complexity index is 377. The average molecular weight is 224 g/mol. The second kappa shape index (κ2) is 5.25. The van der Waals surface area contributed by atoms with Crippen molar-refractivity contribution in [2.24, 2.45) is 0 Å². The Morgan fingerprint density at radius 1 is 1.25 bits per heavy atom. The molecule has 5 heteroatoms. The minimum atomic E-state index is -0.216. The highest BCUT2D eigenvalue weighted by atomic mass is 16.5. The number of ether oxygens (including phenoxy) is 2. The van der Waals surface area contributed by atoms with Crippen LogP contribution in [0.4, 0.5) is 10.5 Å². The van der Waals surface area contributed by atoms with Crippen molar-refractivity contribution in [1.82, 2.24) is 4.90 Å². The summed E-state index contributed by atoms with van der Waals surface area (Å²) in [5.74, 6) is 1.26. The monoisotopic (exact) mass is 224 g/mol. The van der Waals surface area contributed by atoms with Crippen LogP contribution in [0.25, 0.3) is 0 Å². The average Bonchev–Trinajstić information content (AvgIpc) is 2.28. The normalized spacial score (nSPS) is 9.50. The van der Waals surface area contributed by atoms with E-state index in [1.54, 1.807) is 46.5 Å². The third kappa shape index (κ3) is 2.79. The largest absolute Gasteiger partial charge is 0.497 e. The van der Waals surface area contributed by atoms with Crippen LogP contribution in [0.2, 0.25) is 0 Å². The van der Waals surface area contributed by atoms with Crippen LogP contribution >= 0.6 is 0 Å². The van der Waals surface area contributed by atoms with Gasteiger partial charge in [-0.2, -0.15) is 0 Å². The fourth-order valence-electron chi connectivity index (χ4n) is 1.14. The molecule has 0 unspecified atom stereocenters.